The molecule has 0 saturated carbocycles. The number of hydrogen-bond acceptors (Lipinski definition) is 3. The second-order valence-electron chi connectivity index (χ2n) is 7.76. The molecule has 2 aromatic heterocycles. The van der Waals surface area contributed by atoms with Gasteiger partial charge in [-0.3, -0.25) is 4.99 Å². The Bertz CT molecular complexity index is 1030. The van der Waals surface area contributed by atoms with Crippen LogP contribution in [0.5, 0.6) is 0 Å². The number of aromatic nitrogens is 2. The summed E-state index contributed by atoms with van der Waals surface area (Å²) in [5, 5.41) is 8.08. The van der Waals surface area contributed by atoms with Crippen LogP contribution in [-0.2, 0) is 6.42 Å². The zero-order chi connectivity index (χ0) is 20.9. The van der Waals surface area contributed by atoms with Gasteiger partial charge in [-0.05, 0) is 56.0 Å². The largest absolute Gasteiger partial charge is 0.361 e. The number of guanidine groups is 1. The smallest absolute Gasteiger partial charge is 0.191 e. The third kappa shape index (κ3) is 5.66. The van der Waals surface area contributed by atoms with Crippen molar-refractivity contribution in [3.05, 3.63) is 59.7 Å². The van der Waals surface area contributed by atoms with Gasteiger partial charge in [0, 0.05) is 55.5 Å². The first-order chi connectivity index (χ1) is 14.6. The van der Waals surface area contributed by atoms with Gasteiger partial charge in [0.15, 0.2) is 17.6 Å². The number of halogens is 2. The minimum Gasteiger partial charge on any atom is -0.361 e. The minimum atomic E-state index is -0.271. The van der Waals surface area contributed by atoms with E-state index in [9.17, 15) is 4.39 Å². The van der Waals surface area contributed by atoms with Gasteiger partial charge in [0.2, 0.25) is 0 Å². The van der Waals surface area contributed by atoms with Gasteiger partial charge in [0.1, 0.15) is 0 Å². The first kappa shape index (κ1) is 23.3. The van der Waals surface area contributed by atoms with Gasteiger partial charge in [0.25, 0.3) is 0 Å². The molecule has 1 unspecified atom stereocenters. The predicted molar refractivity (Wildman–Crippen MR) is 136 cm³/mol. The molecule has 1 saturated heterocycles. The molecule has 1 atom stereocenters. The van der Waals surface area contributed by atoms with Crippen LogP contribution in [0, 0.1) is 12.7 Å². The number of rotatable bonds is 6. The number of anilines is 1. The lowest BCUT2D eigenvalue weighted by atomic mass is 10.1. The van der Waals surface area contributed by atoms with Crippen molar-refractivity contribution < 1.29 is 4.39 Å². The van der Waals surface area contributed by atoms with Gasteiger partial charge in [-0.25, -0.2) is 9.37 Å². The quantitative estimate of drug-likeness (QED) is 0.253. The van der Waals surface area contributed by atoms with E-state index in [0.29, 0.717) is 18.9 Å². The number of aromatic amines is 1. The first-order valence-electron chi connectivity index (χ1n) is 10.6. The zero-order valence-corrected chi connectivity index (χ0v) is 20.3. The third-order valence-electron chi connectivity index (χ3n) is 5.49. The van der Waals surface area contributed by atoms with E-state index in [2.05, 4.69) is 58.8 Å². The fourth-order valence-corrected chi connectivity index (χ4v) is 3.99. The maximum atomic E-state index is 14.0. The molecule has 0 aliphatic carbocycles. The highest BCUT2D eigenvalue weighted by atomic mass is 127. The highest BCUT2D eigenvalue weighted by Crippen LogP contribution is 2.21. The van der Waals surface area contributed by atoms with E-state index in [0.717, 1.165) is 31.9 Å². The van der Waals surface area contributed by atoms with Crippen LogP contribution in [0.2, 0.25) is 0 Å². The lowest BCUT2D eigenvalue weighted by molar-refractivity contribution is 0.612. The summed E-state index contributed by atoms with van der Waals surface area (Å²) >= 11 is 0. The first-order valence-corrected chi connectivity index (χ1v) is 10.6. The highest BCUT2D eigenvalue weighted by molar-refractivity contribution is 14.0. The molecule has 1 fully saturated rings. The molecule has 0 spiro atoms. The maximum Gasteiger partial charge on any atom is 0.191 e. The lowest BCUT2D eigenvalue weighted by Crippen LogP contribution is -2.44. The van der Waals surface area contributed by atoms with Gasteiger partial charge in [0.05, 0.1) is 0 Å². The molecule has 3 heterocycles. The van der Waals surface area contributed by atoms with Crippen molar-refractivity contribution in [2.24, 2.45) is 4.99 Å². The number of hydrogen-bond donors (Lipinski definition) is 3. The molecule has 166 valence electrons. The van der Waals surface area contributed by atoms with Gasteiger partial charge in [-0.15, -0.1) is 24.0 Å². The van der Waals surface area contributed by atoms with Gasteiger partial charge < -0.3 is 20.5 Å². The summed E-state index contributed by atoms with van der Waals surface area (Å²) in [6.45, 7) is 7.14. The Hall–Kier alpha value is -2.36. The van der Waals surface area contributed by atoms with E-state index in [4.69, 9.17) is 4.99 Å². The Morgan fingerprint density at radius 3 is 3.03 bits per heavy atom. The van der Waals surface area contributed by atoms with Crippen molar-refractivity contribution in [3.63, 3.8) is 0 Å². The fraction of sp³-hybridized carbons (Fsp3) is 0.391. The number of benzene rings is 1. The predicted octanol–water partition coefficient (Wildman–Crippen LogP) is 4.00. The molecule has 0 radical (unpaired) electrons. The number of H-pyrrole nitrogens is 1. The van der Waals surface area contributed by atoms with Crippen molar-refractivity contribution in [2.75, 3.05) is 31.1 Å². The van der Waals surface area contributed by atoms with E-state index in [1.807, 2.05) is 4.90 Å². The molecule has 31 heavy (non-hydrogen) atoms. The van der Waals surface area contributed by atoms with Gasteiger partial charge in [-0.2, -0.15) is 0 Å². The van der Waals surface area contributed by atoms with Crippen molar-refractivity contribution in [2.45, 2.75) is 32.7 Å². The van der Waals surface area contributed by atoms with E-state index in [1.165, 1.54) is 28.1 Å². The molecule has 8 heteroatoms. The summed E-state index contributed by atoms with van der Waals surface area (Å²) in [5.41, 5.74) is 3.71. The second kappa shape index (κ2) is 10.8. The maximum absolute atomic E-state index is 14.0. The molecular weight excluding hydrogens is 506 g/mol. The van der Waals surface area contributed by atoms with Crippen LogP contribution >= 0.6 is 24.0 Å². The average Bonchev–Trinajstić information content (AvgIpc) is 3.35. The second-order valence-corrected chi connectivity index (χ2v) is 7.76. The van der Waals surface area contributed by atoms with Crippen LogP contribution in [0.3, 0.4) is 0 Å². The van der Waals surface area contributed by atoms with Crippen molar-refractivity contribution in [1.29, 1.82) is 0 Å². The van der Waals surface area contributed by atoms with Crippen LogP contribution in [0.25, 0.3) is 10.9 Å². The number of fused-ring (bicyclic) bond motifs is 1. The minimum absolute atomic E-state index is 0. The molecule has 1 aliphatic rings. The van der Waals surface area contributed by atoms with Gasteiger partial charge in [-0.1, -0.05) is 12.1 Å². The summed E-state index contributed by atoms with van der Waals surface area (Å²) in [4.78, 5) is 14.3. The number of nitrogens with zero attached hydrogens (tertiary/aromatic N) is 3. The molecular formula is C23H30FIN6. The molecule has 3 aromatic rings. The Balaban J connectivity index is 0.00000272. The number of aryl methyl sites for hydroxylation is 1. The average molecular weight is 536 g/mol. The highest BCUT2D eigenvalue weighted by Gasteiger charge is 2.25. The molecule has 0 amide bonds. The SMILES string of the molecule is CCNC(=NCCc1c[nH]c2cc(C)ccc12)NC1CCN(c2ncccc2F)C1.I. The fourth-order valence-electron chi connectivity index (χ4n) is 3.99. The molecule has 1 aliphatic heterocycles. The summed E-state index contributed by atoms with van der Waals surface area (Å²) in [6, 6.07) is 9.78. The molecule has 3 N–H and O–H groups in total. The molecule has 0 bridgehead atoms. The Labute approximate surface area is 199 Å². The summed E-state index contributed by atoms with van der Waals surface area (Å²) in [6.07, 6.45) is 5.50. The zero-order valence-electron chi connectivity index (χ0n) is 18.0. The Morgan fingerprint density at radius 1 is 1.35 bits per heavy atom. The number of pyridine rings is 1. The van der Waals surface area contributed by atoms with Crippen molar-refractivity contribution >= 4 is 46.7 Å². The van der Waals surface area contributed by atoms with Crippen LogP contribution in [0.15, 0.2) is 47.7 Å². The van der Waals surface area contributed by atoms with Crippen LogP contribution in [0.4, 0.5) is 10.2 Å². The number of nitrogens with one attached hydrogen (secondary N) is 3. The third-order valence-corrected chi connectivity index (χ3v) is 5.49. The molecule has 4 rings (SSSR count). The Kier molecular flexibility index (Phi) is 8.11. The van der Waals surface area contributed by atoms with E-state index < -0.39 is 0 Å². The standard InChI is InChI=1S/C23H29FN6.HI/c1-3-25-23(27-11-8-17-14-28-21-13-16(2)6-7-19(17)21)29-18-9-12-30(15-18)22-20(24)5-4-10-26-22;/h4-7,10,13-14,18,28H,3,8-9,11-12,15H2,1-2H3,(H2,25,27,29);1H. The Morgan fingerprint density at radius 2 is 2.23 bits per heavy atom. The van der Waals surface area contributed by atoms with Crippen LogP contribution < -0.4 is 15.5 Å². The van der Waals surface area contributed by atoms with Crippen LogP contribution in [0.1, 0.15) is 24.5 Å². The summed E-state index contributed by atoms with van der Waals surface area (Å²) in [7, 11) is 0. The number of aliphatic imine (C=N–C) groups is 1. The normalized spacial score (nSPS) is 16.4. The van der Waals surface area contributed by atoms with Crippen LogP contribution in [-0.4, -0.2) is 48.1 Å². The van der Waals surface area contributed by atoms with E-state index >= 15 is 0 Å². The lowest BCUT2D eigenvalue weighted by Gasteiger charge is -2.19. The van der Waals surface area contributed by atoms with E-state index in [-0.39, 0.29) is 35.8 Å². The van der Waals surface area contributed by atoms with Gasteiger partial charge >= 0.3 is 0 Å². The monoisotopic (exact) mass is 536 g/mol. The topological polar surface area (TPSA) is 68.3 Å². The van der Waals surface area contributed by atoms with Crippen molar-refractivity contribution in [3.8, 4) is 0 Å². The summed E-state index contributed by atoms with van der Waals surface area (Å²) < 4.78 is 14.0. The van der Waals surface area contributed by atoms with E-state index in [1.54, 1.807) is 12.3 Å². The summed E-state index contributed by atoms with van der Waals surface area (Å²) in [5.74, 6) is 0.965. The van der Waals surface area contributed by atoms with Crippen molar-refractivity contribution in [1.82, 2.24) is 20.6 Å². The molecule has 6 nitrogen and oxygen atoms in total. The molecule has 1 aromatic carbocycles.